The summed E-state index contributed by atoms with van der Waals surface area (Å²) in [6.45, 7) is -0.162. The van der Waals surface area contributed by atoms with Gasteiger partial charge in [-0.05, 0) is 43.2 Å². The molecule has 4 unspecified atom stereocenters. The molecule has 2 saturated carbocycles. The van der Waals surface area contributed by atoms with Gasteiger partial charge in [0.2, 0.25) is 5.91 Å². The maximum Gasteiger partial charge on any atom is 0.343 e. The molecule has 2 fully saturated rings. The second kappa shape index (κ2) is 6.58. The van der Waals surface area contributed by atoms with E-state index in [-0.39, 0.29) is 24.5 Å². The van der Waals surface area contributed by atoms with Crippen molar-refractivity contribution in [2.75, 3.05) is 19.0 Å². The molecular weight excluding hydrogens is 296 g/mol. The highest BCUT2D eigenvalue weighted by molar-refractivity contribution is 5.93. The largest absolute Gasteiger partial charge is 0.482 e. The molecule has 3 N–H and O–H groups in total. The maximum absolute atomic E-state index is 12.5. The van der Waals surface area contributed by atoms with Crippen LogP contribution in [0.25, 0.3) is 0 Å². The molecule has 0 spiro atoms. The van der Waals surface area contributed by atoms with Crippen molar-refractivity contribution in [1.29, 1.82) is 0 Å². The lowest BCUT2D eigenvalue weighted by Gasteiger charge is -2.27. The Morgan fingerprint density at radius 3 is 2.78 bits per heavy atom. The number of nitrogens with two attached hydrogens (primary N) is 1. The van der Waals surface area contributed by atoms with Crippen molar-refractivity contribution in [2.45, 2.75) is 25.3 Å². The lowest BCUT2D eigenvalue weighted by molar-refractivity contribution is -0.142. The Bertz CT molecular complexity index is 602. The number of benzene rings is 1. The van der Waals surface area contributed by atoms with Gasteiger partial charge in [-0.15, -0.1) is 0 Å². The highest BCUT2D eigenvalue weighted by Gasteiger charge is 2.49. The van der Waals surface area contributed by atoms with Gasteiger partial charge in [0.05, 0.1) is 13.0 Å². The van der Waals surface area contributed by atoms with Crippen LogP contribution in [0.5, 0.6) is 5.75 Å². The number of rotatable bonds is 5. The van der Waals surface area contributed by atoms with E-state index in [1.54, 1.807) is 24.3 Å². The standard InChI is InChI=1S/C17H22N2O4/c1-22-14(20)9-23-13-4-2-3-12(8-13)19-17(21)15-10-5-6-11(7-10)16(15)18/h2-4,8,10-11,15-16H,5-7,9,18H2,1H3,(H,19,21). The molecule has 0 aromatic heterocycles. The molecule has 6 heteroatoms. The van der Waals surface area contributed by atoms with Gasteiger partial charge in [-0.25, -0.2) is 4.79 Å². The highest BCUT2D eigenvalue weighted by Crippen LogP contribution is 2.47. The van der Waals surface area contributed by atoms with Crippen molar-refractivity contribution in [3.63, 3.8) is 0 Å². The van der Waals surface area contributed by atoms with Gasteiger partial charge in [0.25, 0.3) is 0 Å². The molecule has 4 atom stereocenters. The summed E-state index contributed by atoms with van der Waals surface area (Å²) < 4.78 is 9.85. The number of hydrogen-bond acceptors (Lipinski definition) is 5. The van der Waals surface area contributed by atoms with Gasteiger partial charge in [0.15, 0.2) is 6.61 Å². The molecule has 1 aromatic rings. The molecule has 6 nitrogen and oxygen atoms in total. The average Bonchev–Trinajstić information content (AvgIpc) is 3.13. The van der Waals surface area contributed by atoms with Crippen LogP contribution in [0.2, 0.25) is 0 Å². The number of ether oxygens (including phenoxy) is 2. The molecule has 0 radical (unpaired) electrons. The van der Waals surface area contributed by atoms with Crippen molar-refractivity contribution in [3.8, 4) is 5.75 Å². The summed E-state index contributed by atoms with van der Waals surface area (Å²) in [6, 6.07) is 6.94. The minimum atomic E-state index is -0.451. The van der Waals surface area contributed by atoms with E-state index in [4.69, 9.17) is 10.5 Å². The van der Waals surface area contributed by atoms with E-state index in [9.17, 15) is 9.59 Å². The fraction of sp³-hybridized carbons (Fsp3) is 0.529. The van der Waals surface area contributed by atoms with Crippen LogP contribution >= 0.6 is 0 Å². The third-order valence-corrected chi connectivity index (χ3v) is 4.97. The minimum absolute atomic E-state index is 0.0187. The van der Waals surface area contributed by atoms with Crippen LogP contribution in [-0.4, -0.2) is 31.6 Å². The van der Waals surface area contributed by atoms with E-state index in [2.05, 4.69) is 10.1 Å². The Balaban J connectivity index is 1.61. The first-order valence-corrected chi connectivity index (χ1v) is 7.94. The third-order valence-electron chi connectivity index (χ3n) is 4.97. The van der Waals surface area contributed by atoms with Gasteiger partial charge in [-0.1, -0.05) is 6.07 Å². The molecule has 124 valence electrons. The van der Waals surface area contributed by atoms with Crippen LogP contribution in [-0.2, 0) is 14.3 Å². The second-order valence-electron chi connectivity index (χ2n) is 6.32. The Morgan fingerprint density at radius 1 is 1.30 bits per heavy atom. The number of anilines is 1. The molecule has 0 aliphatic heterocycles. The molecule has 23 heavy (non-hydrogen) atoms. The van der Waals surface area contributed by atoms with Gasteiger partial charge in [-0.3, -0.25) is 4.79 Å². The van der Waals surface area contributed by atoms with Crippen molar-refractivity contribution >= 4 is 17.6 Å². The maximum atomic E-state index is 12.5. The van der Waals surface area contributed by atoms with Crippen LogP contribution in [0.15, 0.2) is 24.3 Å². The molecule has 2 aliphatic rings. The van der Waals surface area contributed by atoms with E-state index in [1.165, 1.54) is 7.11 Å². The predicted octanol–water partition coefficient (Wildman–Crippen LogP) is 1.55. The minimum Gasteiger partial charge on any atom is -0.482 e. The van der Waals surface area contributed by atoms with E-state index < -0.39 is 5.97 Å². The molecule has 2 bridgehead atoms. The lowest BCUT2D eigenvalue weighted by atomic mass is 9.84. The Hall–Kier alpha value is -2.08. The van der Waals surface area contributed by atoms with Crippen LogP contribution in [0.4, 0.5) is 5.69 Å². The van der Waals surface area contributed by atoms with Crippen LogP contribution < -0.4 is 15.8 Å². The molecule has 0 heterocycles. The van der Waals surface area contributed by atoms with Gasteiger partial charge < -0.3 is 20.5 Å². The lowest BCUT2D eigenvalue weighted by Crippen LogP contribution is -2.42. The Morgan fingerprint density at radius 2 is 2.09 bits per heavy atom. The molecule has 1 amide bonds. The Labute approximate surface area is 135 Å². The topological polar surface area (TPSA) is 90.6 Å². The smallest absolute Gasteiger partial charge is 0.343 e. The van der Waals surface area contributed by atoms with Crippen LogP contribution in [0.1, 0.15) is 19.3 Å². The fourth-order valence-corrected chi connectivity index (χ4v) is 3.82. The normalized spacial score (nSPS) is 28.4. The monoisotopic (exact) mass is 318 g/mol. The van der Waals surface area contributed by atoms with E-state index in [1.807, 2.05) is 0 Å². The number of esters is 1. The van der Waals surface area contributed by atoms with Crippen LogP contribution in [0.3, 0.4) is 0 Å². The first-order valence-electron chi connectivity index (χ1n) is 7.94. The van der Waals surface area contributed by atoms with Gasteiger partial charge in [0.1, 0.15) is 5.75 Å². The fourth-order valence-electron chi connectivity index (χ4n) is 3.82. The van der Waals surface area contributed by atoms with Gasteiger partial charge >= 0.3 is 5.97 Å². The summed E-state index contributed by atoms with van der Waals surface area (Å²) in [5.41, 5.74) is 6.85. The predicted molar refractivity (Wildman–Crippen MR) is 84.9 cm³/mol. The number of methoxy groups -OCH3 is 1. The first kappa shape index (κ1) is 15.8. The molecule has 0 saturated heterocycles. The zero-order valence-corrected chi connectivity index (χ0v) is 13.2. The number of nitrogens with one attached hydrogen (secondary N) is 1. The van der Waals surface area contributed by atoms with Crippen molar-refractivity contribution in [1.82, 2.24) is 0 Å². The summed E-state index contributed by atoms with van der Waals surface area (Å²) in [6.07, 6.45) is 3.31. The van der Waals surface area contributed by atoms with Crippen molar-refractivity contribution in [3.05, 3.63) is 24.3 Å². The Kier molecular flexibility index (Phi) is 4.52. The van der Waals surface area contributed by atoms with Crippen molar-refractivity contribution in [2.24, 2.45) is 23.5 Å². The first-order chi connectivity index (χ1) is 11.1. The zero-order valence-electron chi connectivity index (χ0n) is 13.2. The second-order valence-corrected chi connectivity index (χ2v) is 6.32. The molecule has 1 aromatic carbocycles. The third kappa shape index (κ3) is 3.32. The number of carbonyl (C=O) groups excluding carboxylic acids is 2. The van der Waals surface area contributed by atoms with Gasteiger partial charge in [0, 0.05) is 17.8 Å². The summed E-state index contributed by atoms with van der Waals surface area (Å²) in [4.78, 5) is 23.6. The highest BCUT2D eigenvalue weighted by atomic mass is 16.6. The summed E-state index contributed by atoms with van der Waals surface area (Å²) >= 11 is 0. The van der Waals surface area contributed by atoms with E-state index >= 15 is 0 Å². The quantitative estimate of drug-likeness (QED) is 0.804. The molecule has 2 aliphatic carbocycles. The molecular formula is C17H22N2O4. The van der Waals surface area contributed by atoms with E-state index in [0.29, 0.717) is 23.3 Å². The average molecular weight is 318 g/mol. The number of fused-ring (bicyclic) bond motifs is 2. The molecule has 3 rings (SSSR count). The SMILES string of the molecule is COC(=O)COc1cccc(NC(=O)C2C3CCC(C3)C2N)c1. The summed E-state index contributed by atoms with van der Waals surface area (Å²) in [5.74, 6) is 0.834. The number of hydrogen-bond donors (Lipinski definition) is 2. The number of amides is 1. The number of carbonyl (C=O) groups is 2. The summed E-state index contributed by atoms with van der Waals surface area (Å²) in [5, 5.41) is 2.93. The van der Waals surface area contributed by atoms with Crippen LogP contribution in [0, 0.1) is 17.8 Å². The summed E-state index contributed by atoms with van der Waals surface area (Å²) in [7, 11) is 1.31. The van der Waals surface area contributed by atoms with Gasteiger partial charge in [-0.2, -0.15) is 0 Å². The van der Waals surface area contributed by atoms with E-state index in [0.717, 1.165) is 19.3 Å². The zero-order chi connectivity index (χ0) is 16.4. The van der Waals surface area contributed by atoms with Crippen molar-refractivity contribution < 1.29 is 19.1 Å².